The maximum absolute atomic E-state index is 12.1. The van der Waals surface area contributed by atoms with Crippen molar-refractivity contribution < 1.29 is 13.2 Å². The van der Waals surface area contributed by atoms with Gasteiger partial charge in [0, 0.05) is 5.92 Å². The molecule has 1 aromatic rings. The Morgan fingerprint density at radius 2 is 1.95 bits per heavy atom. The van der Waals surface area contributed by atoms with Gasteiger partial charge in [0.15, 0.2) is 0 Å². The number of rotatable bonds is 4. The molecule has 0 radical (unpaired) electrons. The number of amides is 1. The third-order valence-corrected chi connectivity index (χ3v) is 4.64. The summed E-state index contributed by atoms with van der Waals surface area (Å²) >= 11 is 0. The minimum absolute atomic E-state index is 0.0288. The summed E-state index contributed by atoms with van der Waals surface area (Å²) in [4.78, 5) is 12.2. The smallest absolute Gasteiger partial charge is 0.238 e. The summed E-state index contributed by atoms with van der Waals surface area (Å²) in [6.07, 6.45) is 6.73. The third-order valence-electron chi connectivity index (χ3n) is 3.71. The maximum Gasteiger partial charge on any atom is 0.238 e. The number of benzene rings is 1. The monoisotopic (exact) mass is 308 g/mol. The molecule has 0 saturated heterocycles. The first kappa shape index (κ1) is 15.7. The first-order valence-electron chi connectivity index (χ1n) is 6.96. The fraction of sp³-hybridized carbons (Fsp3) is 0.400. The molecule has 1 aliphatic rings. The van der Waals surface area contributed by atoms with Crippen LogP contribution in [0.25, 0.3) is 0 Å². The van der Waals surface area contributed by atoms with Gasteiger partial charge < -0.3 is 5.32 Å². The van der Waals surface area contributed by atoms with Crippen molar-refractivity contribution in [2.75, 3.05) is 0 Å². The number of sulfonamides is 1. The predicted octanol–water partition coefficient (Wildman–Crippen LogP) is 1.87. The Morgan fingerprint density at radius 3 is 2.48 bits per heavy atom. The van der Waals surface area contributed by atoms with E-state index >= 15 is 0 Å². The van der Waals surface area contributed by atoms with Gasteiger partial charge >= 0.3 is 0 Å². The van der Waals surface area contributed by atoms with E-state index in [9.17, 15) is 13.2 Å². The van der Waals surface area contributed by atoms with Gasteiger partial charge in [-0.3, -0.25) is 4.79 Å². The van der Waals surface area contributed by atoms with Crippen molar-refractivity contribution in [3.05, 3.63) is 42.0 Å². The van der Waals surface area contributed by atoms with Crippen LogP contribution in [0.5, 0.6) is 0 Å². The molecule has 21 heavy (non-hydrogen) atoms. The zero-order valence-electron chi connectivity index (χ0n) is 12.0. The Balaban J connectivity index is 2.01. The number of allylic oxidation sites excluding steroid dienone is 2. The lowest BCUT2D eigenvalue weighted by molar-refractivity contribution is -0.125. The second kappa shape index (κ2) is 6.41. The molecule has 5 nitrogen and oxygen atoms in total. The highest BCUT2D eigenvalue weighted by molar-refractivity contribution is 7.89. The average molecular weight is 308 g/mol. The molecule has 0 bridgehead atoms. The van der Waals surface area contributed by atoms with E-state index < -0.39 is 10.0 Å². The van der Waals surface area contributed by atoms with Gasteiger partial charge in [-0.25, -0.2) is 13.6 Å². The van der Waals surface area contributed by atoms with Crippen LogP contribution in [0.15, 0.2) is 41.3 Å². The number of hydrogen-bond donors (Lipinski definition) is 2. The zero-order chi connectivity index (χ0) is 15.5. The van der Waals surface area contributed by atoms with E-state index in [2.05, 4.69) is 11.4 Å². The van der Waals surface area contributed by atoms with Gasteiger partial charge in [0.1, 0.15) is 0 Å². The summed E-state index contributed by atoms with van der Waals surface area (Å²) in [5.74, 6) is 0.0727. The normalized spacial score (nSPS) is 20.0. The summed E-state index contributed by atoms with van der Waals surface area (Å²) in [6, 6.07) is 6.09. The lowest BCUT2D eigenvalue weighted by Crippen LogP contribution is -2.33. The number of hydrogen-bond acceptors (Lipinski definition) is 3. The number of nitrogens with one attached hydrogen (secondary N) is 1. The Labute approximate surface area is 125 Å². The number of primary sulfonamides is 1. The molecular formula is C15H20N2O3S. The van der Waals surface area contributed by atoms with E-state index in [1.165, 1.54) is 12.1 Å². The molecule has 6 heteroatoms. The van der Waals surface area contributed by atoms with Crippen LogP contribution in [0.3, 0.4) is 0 Å². The molecule has 2 unspecified atom stereocenters. The van der Waals surface area contributed by atoms with E-state index in [0.29, 0.717) is 0 Å². The third kappa shape index (κ3) is 4.15. The minimum atomic E-state index is -3.68. The predicted molar refractivity (Wildman–Crippen MR) is 80.9 cm³/mol. The maximum atomic E-state index is 12.1. The largest absolute Gasteiger partial charge is 0.349 e. The second-order valence-corrected chi connectivity index (χ2v) is 6.89. The Hall–Kier alpha value is -1.66. The van der Waals surface area contributed by atoms with E-state index in [-0.39, 0.29) is 22.8 Å². The summed E-state index contributed by atoms with van der Waals surface area (Å²) < 4.78 is 22.4. The number of carbonyl (C=O) groups is 1. The van der Waals surface area contributed by atoms with Crippen LogP contribution >= 0.6 is 0 Å². The van der Waals surface area contributed by atoms with Crippen molar-refractivity contribution in [2.24, 2.45) is 11.1 Å². The zero-order valence-corrected chi connectivity index (χ0v) is 12.8. The van der Waals surface area contributed by atoms with Crippen LogP contribution in [0.1, 0.15) is 37.8 Å². The summed E-state index contributed by atoms with van der Waals surface area (Å²) in [5, 5.41) is 8.03. The second-order valence-electron chi connectivity index (χ2n) is 5.33. The SMILES string of the molecule is CC(NC(=O)C1CC=CCC1)c1ccc(S(N)(=O)=O)cc1. The molecule has 0 heterocycles. The summed E-state index contributed by atoms with van der Waals surface area (Å²) in [7, 11) is -3.68. The quantitative estimate of drug-likeness (QED) is 0.832. The van der Waals surface area contributed by atoms with Gasteiger partial charge in [0.2, 0.25) is 15.9 Å². The lowest BCUT2D eigenvalue weighted by atomic mass is 9.93. The molecule has 0 saturated carbocycles. The van der Waals surface area contributed by atoms with Crippen LogP contribution in [-0.4, -0.2) is 14.3 Å². The van der Waals surface area contributed by atoms with Crippen LogP contribution < -0.4 is 10.5 Å². The van der Waals surface area contributed by atoms with Crippen molar-refractivity contribution in [1.29, 1.82) is 0 Å². The Morgan fingerprint density at radius 1 is 1.29 bits per heavy atom. The van der Waals surface area contributed by atoms with Crippen molar-refractivity contribution in [3.8, 4) is 0 Å². The van der Waals surface area contributed by atoms with Crippen LogP contribution in [0, 0.1) is 5.92 Å². The first-order chi connectivity index (χ1) is 9.88. The van der Waals surface area contributed by atoms with E-state index in [1.807, 2.05) is 13.0 Å². The molecule has 2 rings (SSSR count). The highest BCUT2D eigenvalue weighted by atomic mass is 32.2. The van der Waals surface area contributed by atoms with E-state index in [4.69, 9.17) is 5.14 Å². The molecule has 2 atom stereocenters. The summed E-state index contributed by atoms with van der Waals surface area (Å²) in [6.45, 7) is 1.88. The van der Waals surface area contributed by atoms with Gasteiger partial charge in [-0.1, -0.05) is 24.3 Å². The van der Waals surface area contributed by atoms with Crippen LogP contribution in [0.2, 0.25) is 0 Å². The van der Waals surface area contributed by atoms with Crippen molar-refractivity contribution in [3.63, 3.8) is 0 Å². The van der Waals surface area contributed by atoms with Crippen molar-refractivity contribution in [1.82, 2.24) is 5.32 Å². The lowest BCUT2D eigenvalue weighted by Gasteiger charge is -2.21. The average Bonchev–Trinajstić information content (AvgIpc) is 2.47. The van der Waals surface area contributed by atoms with Crippen molar-refractivity contribution in [2.45, 2.75) is 37.1 Å². The van der Waals surface area contributed by atoms with Gasteiger partial charge in [-0.05, 0) is 43.9 Å². The molecule has 0 spiro atoms. The Bertz CT molecular complexity index is 635. The molecule has 1 aliphatic carbocycles. The highest BCUT2D eigenvalue weighted by Crippen LogP contribution is 2.21. The molecule has 0 aromatic heterocycles. The topological polar surface area (TPSA) is 89.3 Å². The Kier molecular flexibility index (Phi) is 4.80. The standard InChI is InChI=1S/C15H20N2O3S/c1-11(17-15(18)13-5-3-2-4-6-13)12-7-9-14(10-8-12)21(16,19)20/h2-3,7-11,13H,4-6H2,1H3,(H,17,18)(H2,16,19,20). The fourth-order valence-electron chi connectivity index (χ4n) is 2.39. The minimum Gasteiger partial charge on any atom is -0.349 e. The van der Waals surface area contributed by atoms with Crippen LogP contribution in [-0.2, 0) is 14.8 Å². The van der Waals surface area contributed by atoms with Gasteiger partial charge in [-0.2, -0.15) is 0 Å². The molecule has 0 fully saturated rings. The molecule has 1 aromatic carbocycles. The summed E-state index contributed by atoms with van der Waals surface area (Å²) in [5.41, 5.74) is 0.849. The molecule has 114 valence electrons. The van der Waals surface area contributed by atoms with Gasteiger partial charge in [0.05, 0.1) is 10.9 Å². The first-order valence-corrected chi connectivity index (χ1v) is 8.50. The molecule has 1 amide bonds. The molecular weight excluding hydrogens is 288 g/mol. The highest BCUT2D eigenvalue weighted by Gasteiger charge is 2.20. The fourth-order valence-corrected chi connectivity index (χ4v) is 2.91. The van der Waals surface area contributed by atoms with Crippen molar-refractivity contribution >= 4 is 15.9 Å². The molecule has 0 aliphatic heterocycles. The number of carbonyl (C=O) groups excluding carboxylic acids is 1. The van der Waals surface area contributed by atoms with E-state index in [1.54, 1.807) is 12.1 Å². The number of nitrogens with two attached hydrogens (primary N) is 1. The van der Waals surface area contributed by atoms with Gasteiger partial charge in [0.25, 0.3) is 0 Å². The van der Waals surface area contributed by atoms with Gasteiger partial charge in [-0.15, -0.1) is 0 Å². The van der Waals surface area contributed by atoms with E-state index in [0.717, 1.165) is 24.8 Å². The van der Waals surface area contributed by atoms with Crippen LogP contribution in [0.4, 0.5) is 0 Å². The molecule has 3 N–H and O–H groups in total.